The molecular formula is C20H23N7O5. The predicted octanol–water partition coefficient (Wildman–Crippen LogP) is 2.16. The molecule has 12 nitrogen and oxygen atoms in total. The molecule has 12 heteroatoms. The maximum Gasteiger partial charge on any atom is 0.277 e. The van der Waals surface area contributed by atoms with Crippen molar-refractivity contribution in [2.24, 2.45) is 0 Å². The van der Waals surface area contributed by atoms with Crippen LogP contribution in [0.2, 0.25) is 0 Å². The minimum atomic E-state index is -0.739. The normalized spacial score (nSPS) is 16.3. The van der Waals surface area contributed by atoms with E-state index < -0.39 is 27.1 Å². The van der Waals surface area contributed by atoms with Gasteiger partial charge in [-0.15, -0.1) is 0 Å². The number of hydrogen-bond donors (Lipinski definition) is 0. The predicted molar refractivity (Wildman–Crippen MR) is 116 cm³/mol. The third-order valence-electron chi connectivity index (χ3n) is 5.68. The zero-order chi connectivity index (χ0) is 22.8. The first-order valence-electron chi connectivity index (χ1n) is 10.4. The van der Waals surface area contributed by atoms with Gasteiger partial charge >= 0.3 is 0 Å². The van der Waals surface area contributed by atoms with E-state index in [0.717, 1.165) is 61.6 Å². The fourth-order valence-electron chi connectivity index (χ4n) is 4.01. The summed E-state index contributed by atoms with van der Waals surface area (Å²) >= 11 is 0. The van der Waals surface area contributed by atoms with Crippen LogP contribution in [-0.2, 0) is 0 Å². The lowest BCUT2D eigenvalue weighted by Gasteiger charge is -2.35. The number of hydrogen-bond acceptors (Lipinski definition) is 9. The fraction of sp³-hybridized carbons (Fsp3) is 0.450. The molecule has 1 amide bonds. The lowest BCUT2D eigenvalue weighted by Crippen LogP contribution is -2.49. The van der Waals surface area contributed by atoms with Crippen LogP contribution in [0, 0.1) is 27.2 Å². The van der Waals surface area contributed by atoms with Crippen LogP contribution < -0.4 is 9.80 Å². The van der Waals surface area contributed by atoms with Gasteiger partial charge in [0.05, 0.1) is 21.5 Å². The number of non-ortho nitro benzene ring substituents is 2. The molecule has 0 aliphatic carbocycles. The molecule has 2 aliphatic rings. The molecule has 2 aromatic rings. The Hall–Kier alpha value is -3.83. The average Bonchev–Trinajstić information content (AvgIpc) is 3.33. The van der Waals surface area contributed by atoms with E-state index in [0.29, 0.717) is 26.2 Å². The highest BCUT2D eigenvalue weighted by Gasteiger charge is 2.27. The van der Waals surface area contributed by atoms with Crippen LogP contribution in [0.3, 0.4) is 0 Å². The van der Waals surface area contributed by atoms with E-state index >= 15 is 0 Å². The zero-order valence-electron chi connectivity index (χ0n) is 17.6. The third kappa shape index (κ3) is 4.43. The summed E-state index contributed by atoms with van der Waals surface area (Å²) in [7, 11) is 0. The summed E-state index contributed by atoms with van der Waals surface area (Å²) in [6.07, 6.45) is 2.26. The highest BCUT2D eigenvalue weighted by Crippen LogP contribution is 2.25. The van der Waals surface area contributed by atoms with Crippen molar-refractivity contribution in [1.82, 2.24) is 14.9 Å². The molecule has 0 spiro atoms. The third-order valence-corrected chi connectivity index (χ3v) is 5.68. The molecule has 0 N–H and O–H groups in total. The van der Waals surface area contributed by atoms with Gasteiger partial charge < -0.3 is 14.7 Å². The van der Waals surface area contributed by atoms with Gasteiger partial charge in [0, 0.05) is 63.2 Å². The van der Waals surface area contributed by atoms with Gasteiger partial charge in [0.1, 0.15) is 5.82 Å². The molecule has 2 fully saturated rings. The average molecular weight is 441 g/mol. The molecule has 0 saturated carbocycles. The van der Waals surface area contributed by atoms with Crippen molar-refractivity contribution in [2.75, 3.05) is 49.1 Å². The molecule has 1 aromatic carbocycles. The monoisotopic (exact) mass is 441 g/mol. The quantitative estimate of drug-likeness (QED) is 0.504. The minimum Gasteiger partial charge on any atom is -0.353 e. The van der Waals surface area contributed by atoms with Crippen molar-refractivity contribution in [3.63, 3.8) is 0 Å². The zero-order valence-corrected chi connectivity index (χ0v) is 17.6. The molecule has 3 heterocycles. The molecular weight excluding hydrogens is 418 g/mol. The van der Waals surface area contributed by atoms with E-state index in [1.165, 1.54) is 0 Å². The Kier molecular flexibility index (Phi) is 5.84. The maximum absolute atomic E-state index is 12.9. The topological polar surface area (TPSA) is 139 Å². The number of aryl methyl sites for hydroxylation is 1. The lowest BCUT2D eigenvalue weighted by atomic mass is 10.1. The van der Waals surface area contributed by atoms with E-state index in [-0.39, 0.29) is 5.56 Å². The minimum absolute atomic E-state index is 0.0615. The van der Waals surface area contributed by atoms with Crippen LogP contribution in [0.5, 0.6) is 0 Å². The van der Waals surface area contributed by atoms with Gasteiger partial charge in [-0.1, -0.05) is 0 Å². The standard InChI is InChI=1S/C20H23N7O5/c1-14-10-18(22-20(21-14)25-4-2-3-5-25)23-6-8-24(9-7-23)19(28)15-11-16(26(29)30)13-17(12-15)27(31)32/h10-13H,2-9H2,1H3. The van der Waals surface area contributed by atoms with Gasteiger partial charge in [-0.3, -0.25) is 25.0 Å². The molecule has 0 atom stereocenters. The molecule has 0 radical (unpaired) electrons. The number of nitro groups is 2. The second-order valence-corrected chi connectivity index (χ2v) is 7.89. The number of nitrogens with zero attached hydrogens (tertiary/aromatic N) is 7. The Morgan fingerprint density at radius 3 is 2.00 bits per heavy atom. The number of carbonyl (C=O) groups excluding carboxylic acids is 1. The van der Waals surface area contributed by atoms with Crippen molar-refractivity contribution >= 4 is 29.0 Å². The Labute approximate surface area is 183 Å². The second-order valence-electron chi connectivity index (χ2n) is 7.89. The number of benzene rings is 1. The number of aromatic nitrogens is 2. The van der Waals surface area contributed by atoms with E-state index in [2.05, 4.69) is 14.8 Å². The van der Waals surface area contributed by atoms with E-state index in [4.69, 9.17) is 4.98 Å². The van der Waals surface area contributed by atoms with Crippen molar-refractivity contribution in [2.45, 2.75) is 19.8 Å². The maximum atomic E-state index is 12.9. The van der Waals surface area contributed by atoms with Gasteiger partial charge in [-0.05, 0) is 19.8 Å². The van der Waals surface area contributed by atoms with Crippen molar-refractivity contribution in [1.29, 1.82) is 0 Å². The smallest absolute Gasteiger partial charge is 0.277 e. The molecule has 4 rings (SSSR count). The molecule has 32 heavy (non-hydrogen) atoms. The van der Waals surface area contributed by atoms with E-state index in [9.17, 15) is 25.0 Å². The Bertz CT molecular complexity index is 1030. The Balaban J connectivity index is 1.48. The van der Waals surface area contributed by atoms with Gasteiger partial charge in [0.2, 0.25) is 5.95 Å². The summed E-state index contributed by atoms with van der Waals surface area (Å²) < 4.78 is 0. The van der Waals surface area contributed by atoms with Crippen molar-refractivity contribution in [3.8, 4) is 0 Å². The number of nitro benzene ring substituents is 2. The molecule has 168 valence electrons. The summed E-state index contributed by atoms with van der Waals surface area (Å²) in [4.78, 5) is 48.7. The first kappa shape index (κ1) is 21.4. The van der Waals surface area contributed by atoms with Gasteiger partial charge in [0.25, 0.3) is 17.3 Å². The highest BCUT2D eigenvalue weighted by atomic mass is 16.6. The van der Waals surface area contributed by atoms with Gasteiger partial charge in [-0.2, -0.15) is 4.98 Å². The summed E-state index contributed by atoms with van der Waals surface area (Å²) in [5, 5.41) is 22.2. The number of carbonyl (C=O) groups is 1. The van der Waals surface area contributed by atoms with Crippen LogP contribution in [0.25, 0.3) is 0 Å². The number of anilines is 2. The summed E-state index contributed by atoms with van der Waals surface area (Å²) in [6, 6.07) is 4.93. The molecule has 0 bridgehead atoms. The second kappa shape index (κ2) is 8.73. The Morgan fingerprint density at radius 2 is 1.44 bits per heavy atom. The number of piperazine rings is 1. The van der Waals surface area contributed by atoms with Crippen LogP contribution in [0.15, 0.2) is 24.3 Å². The number of rotatable bonds is 5. The molecule has 2 saturated heterocycles. The fourth-order valence-corrected chi connectivity index (χ4v) is 4.01. The molecule has 2 aliphatic heterocycles. The van der Waals surface area contributed by atoms with Gasteiger partial charge in [0.15, 0.2) is 0 Å². The van der Waals surface area contributed by atoms with Crippen molar-refractivity contribution < 1.29 is 14.6 Å². The number of amides is 1. The summed E-state index contributed by atoms with van der Waals surface area (Å²) in [5.41, 5.74) is -0.146. The summed E-state index contributed by atoms with van der Waals surface area (Å²) in [6.45, 7) is 5.62. The largest absolute Gasteiger partial charge is 0.353 e. The van der Waals surface area contributed by atoms with Crippen molar-refractivity contribution in [3.05, 3.63) is 55.8 Å². The first-order chi connectivity index (χ1) is 15.3. The lowest BCUT2D eigenvalue weighted by molar-refractivity contribution is -0.394. The van der Waals surface area contributed by atoms with Gasteiger partial charge in [-0.25, -0.2) is 4.98 Å². The Morgan fingerprint density at radius 1 is 0.844 bits per heavy atom. The van der Waals surface area contributed by atoms with Crippen LogP contribution in [0.4, 0.5) is 23.1 Å². The first-order valence-corrected chi connectivity index (χ1v) is 10.4. The van der Waals surface area contributed by atoms with Crippen LogP contribution >= 0.6 is 0 Å². The molecule has 0 unspecified atom stereocenters. The van der Waals surface area contributed by atoms with Crippen LogP contribution in [-0.4, -0.2) is 69.9 Å². The van der Waals surface area contributed by atoms with E-state index in [1.54, 1.807) is 4.90 Å². The van der Waals surface area contributed by atoms with Crippen LogP contribution in [0.1, 0.15) is 28.9 Å². The van der Waals surface area contributed by atoms with E-state index in [1.807, 2.05) is 13.0 Å². The molecule has 1 aromatic heterocycles. The SMILES string of the molecule is Cc1cc(N2CCN(C(=O)c3cc([N+](=O)[O-])cc([N+](=O)[O-])c3)CC2)nc(N2CCCC2)n1. The summed E-state index contributed by atoms with van der Waals surface area (Å²) in [5.74, 6) is 1.06. The highest BCUT2D eigenvalue weighted by molar-refractivity contribution is 5.95.